The van der Waals surface area contributed by atoms with E-state index in [-0.39, 0.29) is 6.09 Å². The van der Waals surface area contributed by atoms with Crippen molar-refractivity contribution in [2.75, 3.05) is 30.4 Å². The molecule has 1 aliphatic rings. The van der Waals surface area contributed by atoms with Gasteiger partial charge in [-0.2, -0.15) is 0 Å². The number of terminal acetylenes is 1. The van der Waals surface area contributed by atoms with Gasteiger partial charge < -0.3 is 19.9 Å². The van der Waals surface area contributed by atoms with Crippen LogP contribution in [0.1, 0.15) is 47.5 Å². The van der Waals surface area contributed by atoms with Gasteiger partial charge in [-0.1, -0.05) is 5.92 Å². The fourth-order valence-electron chi connectivity index (χ4n) is 3.08. The van der Waals surface area contributed by atoms with E-state index in [0.717, 1.165) is 24.3 Å². The molecule has 148 valence electrons. The predicted octanol–water partition coefficient (Wildman–Crippen LogP) is 3.74. The van der Waals surface area contributed by atoms with Crippen molar-refractivity contribution in [2.24, 2.45) is 0 Å². The van der Waals surface area contributed by atoms with E-state index in [4.69, 9.17) is 11.2 Å². The number of rotatable bonds is 4. The number of carbonyl (C=O) groups is 1. The number of ether oxygens (including phenoxy) is 1. The summed E-state index contributed by atoms with van der Waals surface area (Å²) >= 11 is 0. The maximum absolute atomic E-state index is 12.3. The van der Waals surface area contributed by atoms with E-state index in [2.05, 4.69) is 21.1 Å². The van der Waals surface area contributed by atoms with Crippen LogP contribution < -0.4 is 10.2 Å². The highest BCUT2D eigenvalue weighted by Gasteiger charge is 2.30. The summed E-state index contributed by atoms with van der Waals surface area (Å²) in [4.78, 5) is 20.8. The number of amides is 1. The van der Waals surface area contributed by atoms with Crippen LogP contribution in [-0.4, -0.2) is 53.3 Å². The second-order valence-electron chi connectivity index (χ2n) is 8.58. The van der Waals surface area contributed by atoms with Crippen LogP contribution in [0.2, 0.25) is 0 Å². The van der Waals surface area contributed by atoms with Crippen LogP contribution in [0.5, 0.6) is 0 Å². The summed E-state index contributed by atoms with van der Waals surface area (Å²) in [5.74, 6) is 3.63. The van der Waals surface area contributed by atoms with E-state index < -0.39 is 11.1 Å². The first-order valence-corrected chi connectivity index (χ1v) is 9.44. The van der Waals surface area contributed by atoms with Crippen molar-refractivity contribution in [3.05, 3.63) is 18.3 Å². The first-order chi connectivity index (χ1) is 12.5. The Morgan fingerprint density at radius 3 is 2.52 bits per heavy atom. The average Bonchev–Trinajstić information content (AvgIpc) is 2.60. The zero-order valence-corrected chi connectivity index (χ0v) is 17.4. The predicted molar refractivity (Wildman–Crippen MR) is 110 cm³/mol. The molecule has 0 radical (unpaired) electrons. The summed E-state index contributed by atoms with van der Waals surface area (Å²) in [7, 11) is 2.05. The first kappa shape index (κ1) is 20.9. The molecule has 0 aromatic carbocycles. The fraction of sp³-hybridized carbons (Fsp3) is 0.619. The maximum Gasteiger partial charge on any atom is 0.410 e. The van der Waals surface area contributed by atoms with Crippen LogP contribution >= 0.6 is 0 Å². The van der Waals surface area contributed by atoms with E-state index in [0.29, 0.717) is 19.1 Å². The average molecular weight is 373 g/mol. The maximum atomic E-state index is 12.3. The van der Waals surface area contributed by atoms with Crippen molar-refractivity contribution in [3.63, 3.8) is 0 Å². The van der Waals surface area contributed by atoms with E-state index in [1.807, 2.05) is 53.8 Å². The molecule has 6 nitrogen and oxygen atoms in total. The number of nitrogens with one attached hydrogen (secondary N) is 1. The molecular formula is C21H32N4O2. The van der Waals surface area contributed by atoms with Crippen molar-refractivity contribution >= 4 is 17.6 Å². The molecule has 6 heteroatoms. The minimum absolute atomic E-state index is 0.237. The van der Waals surface area contributed by atoms with Crippen molar-refractivity contribution in [1.29, 1.82) is 0 Å². The Morgan fingerprint density at radius 2 is 1.96 bits per heavy atom. The summed E-state index contributed by atoms with van der Waals surface area (Å²) in [5.41, 5.74) is -0.0144. The number of likely N-dealkylation sites (tertiary alicyclic amines) is 1. The third kappa shape index (κ3) is 5.78. The minimum atomic E-state index is -0.469. The van der Waals surface area contributed by atoms with E-state index in [1.54, 1.807) is 11.1 Å². The molecule has 0 bridgehead atoms. The Bertz CT molecular complexity index is 695. The number of nitrogens with zero attached hydrogens (tertiary/aromatic N) is 3. The lowest BCUT2D eigenvalue weighted by Crippen LogP contribution is -2.47. The normalized spacial score (nSPS) is 15.8. The Morgan fingerprint density at radius 1 is 1.33 bits per heavy atom. The molecule has 0 aliphatic carbocycles. The quantitative estimate of drug-likeness (QED) is 0.816. The fourth-order valence-corrected chi connectivity index (χ4v) is 3.08. The second kappa shape index (κ2) is 8.08. The molecule has 2 rings (SSSR count). The number of hydrogen-bond acceptors (Lipinski definition) is 5. The smallest absolute Gasteiger partial charge is 0.410 e. The summed E-state index contributed by atoms with van der Waals surface area (Å²) in [6, 6.07) is 4.19. The van der Waals surface area contributed by atoms with Gasteiger partial charge in [0, 0.05) is 32.4 Å². The van der Waals surface area contributed by atoms with Crippen molar-refractivity contribution in [1.82, 2.24) is 9.88 Å². The highest BCUT2D eigenvalue weighted by Crippen LogP contribution is 2.29. The highest BCUT2D eigenvalue weighted by atomic mass is 16.6. The number of piperidine rings is 1. The Hall–Kier alpha value is -2.42. The van der Waals surface area contributed by atoms with Gasteiger partial charge >= 0.3 is 6.09 Å². The number of anilines is 2. The summed E-state index contributed by atoms with van der Waals surface area (Å²) < 4.78 is 5.48. The first-order valence-electron chi connectivity index (χ1n) is 9.44. The third-order valence-corrected chi connectivity index (χ3v) is 4.59. The molecule has 1 saturated heterocycles. The van der Waals surface area contributed by atoms with Crippen LogP contribution in [0.4, 0.5) is 16.3 Å². The summed E-state index contributed by atoms with van der Waals surface area (Å²) in [5, 5.41) is 3.38. The van der Waals surface area contributed by atoms with Crippen molar-refractivity contribution in [2.45, 2.75) is 64.6 Å². The van der Waals surface area contributed by atoms with Gasteiger partial charge in [-0.15, -0.1) is 6.42 Å². The minimum Gasteiger partial charge on any atom is -0.444 e. The highest BCUT2D eigenvalue weighted by molar-refractivity contribution is 5.69. The standard InChI is InChI=1S/C21H32N4O2/c1-8-21(5,6)23-17-10-9-13-22-18(17)24(7)16-11-14-25(15-12-16)19(26)27-20(2,3)4/h1,9-10,13,16,23H,11-12,14-15H2,2-7H3. The molecule has 0 spiro atoms. The van der Waals surface area contributed by atoms with E-state index in [9.17, 15) is 4.79 Å². The summed E-state index contributed by atoms with van der Waals surface area (Å²) in [6.07, 6.45) is 8.90. The molecule has 1 aromatic rings. The van der Waals surface area contributed by atoms with Gasteiger partial charge in [0.2, 0.25) is 0 Å². The molecule has 1 aliphatic heterocycles. The number of aromatic nitrogens is 1. The van der Waals surface area contributed by atoms with Crippen molar-refractivity contribution in [3.8, 4) is 12.3 Å². The van der Waals surface area contributed by atoms with E-state index >= 15 is 0 Å². The third-order valence-electron chi connectivity index (χ3n) is 4.59. The molecule has 1 fully saturated rings. The monoisotopic (exact) mass is 372 g/mol. The van der Waals surface area contributed by atoms with Crippen molar-refractivity contribution < 1.29 is 9.53 Å². The summed E-state index contributed by atoms with van der Waals surface area (Å²) in [6.45, 7) is 10.9. The number of pyridine rings is 1. The lowest BCUT2D eigenvalue weighted by atomic mass is 10.0. The van der Waals surface area contributed by atoms with Gasteiger partial charge in [-0.25, -0.2) is 9.78 Å². The Kier molecular flexibility index (Phi) is 6.25. The van der Waals surface area contributed by atoms with Gasteiger partial charge in [-0.05, 0) is 59.6 Å². The molecule has 1 N–H and O–H groups in total. The number of hydrogen-bond donors (Lipinski definition) is 1. The SMILES string of the molecule is C#CC(C)(C)Nc1cccnc1N(C)C1CCN(C(=O)OC(C)(C)C)CC1. The zero-order chi connectivity index (χ0) is 20.2. The van der Waals surface area contributed by atoms with Gasteiger partial charge in [0.1, 0.15) is 5.60 Å². The van der Waals surface area contributed by atoms with Gasteiger partial charge in [0.15, 0.2) is 5.82 Å². The molecule has 2 heterocycles. The molecular weight excluding hydrogens is 340 g/mol. The van der Waals surface area contributed by atoms with Gasteiger partial charge in [0.05, 0.1) is 11.2 Å². The zero-order valence-electron chi connectivity index (χ0n) is 17.4. The van der Waals surface area contributed by atoms with Gasteiger partial charge in [0.25, 0.3) is 0 Å². The lowest BCUT2D eigenvalue weighted by Gasteiger charge is -2.38. The molecule has 0 unspecified atom stereocenters. The molecule has 0 saturated carbocycles. The van der Waals surface area contributed by atoms with Crippen LogP contribution in [0.15, 0.2) is 18.3 Å². The largest absolute Gasteiger partial charge is 0.444 e. The molecule has 27 heavy (non-hydrogen) atoms. The lowest BCUT2D eigenvalue weighted by molar-refractivity contribution is 0.0205. The van der Waals surface area contributed by atoms with Crippen LogP contribution in [0, 0.1) is 12.3 Å². The number of carbonyl (C=O) groups excluding carboxylic acids is 1. The molecule has 1 amide bonds. The molecule has 1 aromatic heterocycles. The second-order valence-corrected chi connectivity index (χ2v) is 8.58. The van der Waals surface area contributed by atoms with Crippen LogP contribution in [0.3, 0.4) is 0 Å². The van der Waals surface area contributed by atoms with Gasteiger partial charge in [-0.3, -0.25) is 0 Å². The Balaban J connectivity index is 2.03. The van der Waals surface area contributed by atoms with Crippen LogP contribution in [0.25, 0.3) is 0 Å². The van der Waals surface area contributed by atoms with E-state index in [1.165, 1.54) is 0 Å². The van der Waals surface area contributed by atoms with Crippen LogP contribution in [-0.2, 0) is 4.74 Å². The topological polar surface area (TPSA) is 57.7 Å². The Labute approximate surface area is 163 Å². The molecule has 0 atom stereocenters.